The third-order valence-electron chi connectivity index (χ3n) is 3.15. The highest BCUT2D eigenvalue weighted by Crippen LogP contribution is 2.29. The minimum Gasteiger partial charge on any atom is -0.508 e. The van der Waals surface area contributed by atoms with Gasteiger partial charge in [-0.05, 0) is 42.3 Å². The highest BCUT2D eigenvalue weighted by molar-refractivity contribution is 5.92. The van der Waals surface area contributed by atoms with Crippen molar-refractivity contribution in [3.63, 3.8) is 0 Å². The number of aromatic hydroxyl groups is 2. The number of Topliss-reactive ketones (excluding diaryl/α,β-unsaturated/α-hetero) is 1. The number of phenols is 2. The van der Waals surface area contributed by atoms with Gasteiger partial charge in [-0.15, -0.1) is 0 Å². The monoisotopic (exact) mass is 272 g/mol. The topological polar surface area (TPSA) is 77.8 Å². The molecule has 4 nitrogen and oxygen atoms in total. The lowest BCUT2D eigenvalue weighted by atomic mass is 9.86. The van der Waals surface area contributed by atoms with E-state index in [1.165, 1.54) is 31.2 Å². The van der Waals surface area contributed by atoms with Crippen LogP contribution < -0.4 is 0 Å². The van der Waals surface area contributed by atoms with Crippen LogP contribution in [0.15, 0.2) is 48.5 Å². The second-order valence-corrected chi connectivity index (χ2v) is 4.69. The van der Waals surface area contributed by atoms with Gasteiger partial charge in [-0.2, -0.15) is 0 Å². The third-order valence-corrected chi connectivity index (χ3v) is 3.15. The molecule has 2 aromatic carbocycles. The van der Waals surface area contributed by atoms with Gasteiger partial charge < -0.3 is 15.3 Å². The number of hydrogen-bond acceptors (Lipinski definition) is 4. The van der Waals surface area contributed by atoms with Gasteiger partial charge in [0.1, 0.15) is 17.6 Å². The number of aliphatic hydroxyl groups excluding tert-OH is 1. The van der Waals surface area contributed by atoms with E-state index in [-0.39, 0.29) is 17.3 Å². The predicted molar refractivity (Wildman–Crippen MR) is 74.7 cm³/mol. The van der Waals surface area contributed by atoms with Gasteiger partial charge in [0.05, 0.1) is 5.92 Å². The molecule has 0 spiro atoms. The van der Waals surface area contributed by atoms with Gasteiger partial charge in [-0.1, -0.05) is 24.3 Å². The van der Waals surface area contributed by atoms with Crippen molar-refractivity contribution >= 4 is 5.78 Å². The van der Waals surface area contributed by atoms with Gasteiger partial charge >= 0.3 is 0 Å². The number of carbonyl (C=O) groups excluding carboxylic acids is 1. The van der Waals surface area contributed by atoms with Crippen LogP contribution in [0, 0.1) is 0 Å². The molecule has 1 atom stereocenters. The molecule has 0 bridgehead atoms. The Kier molecular flexibility index (Phi) is 4.05. The molecule has 0 amide bonds. The van der Waals surface area contributed by atoms with E-state index in [0.29, 0.717) is 11.1 Å². The summed E-state index contributed by atoms with van der Waals surface area (Å²) in [7, 11) is 0. The van der Waals surface area contributed by atoms with Crippen molar-refractivity contribution in [3.8, 4) is 11.5 Å². The van der Waals surface area contributed by atoms with Crippen LogP contribution in [-0.4, -0.2) is 27.2 Å². The lowest BCUT2D eigenvalue weighted by molar-refractivity contribution is -0.126. The lowest BCUT2D eigenvalue weighted by Crippen LogP contribution is -2.24. The maximum absolute atomic E-state index is 12.2. The van der Waals surface area contributed by atoms with Crippen LogP contribution in [-0.2, 0) is 4.79 Å². The van der Waals surface area contributed by atoms with Gasteiger partial charge in [0.15, 0.2) is 5.78 Å². The molecule has 0 aliphatic heterocycles. The van der Waals surface area contributed by atoms with Crippen LogP contribution in [0.3, 0.4) is 0 Å². The third kappa shape index (κ3) is 2.97. The fraction of sp³-hybridized carbons (Fsp3) is 0.188. The molecule has 1 unspecified atom stereocenters. The number of ketones is 1. The Morgan fingerprint density at radius 2 is 1.20 bits per heavy atom. The number of aliphatic hydroxyl groups is 1. The summed E-state index contributed by atoms with van der Waals surface area (Å²) in [5.74, 6) is -0.733. The van der Waals surface area contributed by atoms with Crippen LogP contribution in [0.4, 0.5) is 0 Å². The number of hydrogen-bond donors (Lipinski definition) is 3. The molecular weight excluding hydrogens is 256 g/mol. The zero-order valence-corrected chi connectivity index (χ0v) is 11.0. The van der Waals surface area contributed by atoms with Crippen LogP contribution in [0.1, 0.15) is 24.0 Å². The van der Waals surface area contributed by atoms with Crippen molar-refractivity contribution in [2.24, 2.45) is 0 Å². The molecule has 104 valence electrons. The molecule has 0 aliphatic rings. The van der Waals surface area contributed by atoms with Gasteiger partial charge in [0.2, 0.25) is 0 Å². The zero-order chi connectivity index (χ0) is 14.7. The van der Waals surface area contributed by atoms with Crippen molar-refractivity contribution < 1.29 is 20.1 Å². The minimum absolute atomic E-state index is 0.114. The van der Waals surface area contributed by atoms with Gasteiger partial charge in [-0.3, -0.25) is 4.79 Å². The molecule has 0 radical (unpaired) electrons. The van der Waals surface area contributed by atoms with Crippen LogP contribution in [0.25, 0.3) is 0 Å². The Bertz CT molecular complexity index is 539. The molecule has 0 aromatic heterocycles. The molecule has 0 aliphatic carbocycles. The molecule has 4 heteroatoms. The standard InChI is InChI=1S/C16H16O4/c1-10(17)16(20)15(11-2-6-13(18)7-3-11)12-4-8-14(19)9-5-12/h2-10,15,17-19H,1H3. The van der Waals surface area contributed by atoms with Crippen LogP contribution in [0.2, 0.25) is 0 Å². The fourth-order valence-corrected chi connectivity index (χ4v) is 2.10. The lowest BCUT2D eigenvalue weighted by Gasteiger charge is -2.18. The molecule has 0 heterocycles. The molecule has 3 N–H and O–H groups in total. The normalized spacial score (nSPS) is 12.3. The highest BCUT2D eigenvalue weighted by Gasteiger charge is 2.26. The summed E-state index contributed by atoms with van der Waals surface area (Å²) < 4.78 is 0. The molecule has 0 saturated heterocycles. The largest absolute Gasteiger partial charge is 0.508 e. The minimum atomic E-state index is -1.09. The van der Waals surface area contributed by atoms with Crippen LogP contribution >= 0.6 is 0 Å². The maximum atomic E-state index is 12.2. The van der Waals surface area contributed by atoms with Gasteiger partial charge in [0, 0.05) is 0 Å². The second-order valence-electron chi connectivity index (χ2n) is 4.69. The van der Waals surface area contributed by atoms with Crippen molar-refractivity contribution in [2.75, 3.05) is 0 Å². The van der Waals surface area contributed by atoms with E-state index in [0.717, 1.165) is 0 Å². The Morgan fingerprint density at radius 3 is 1.50 bits per heavy atom. The predicted octanol–water partition coefficient (Wildman–Crippen LogP) is 2.18. The Morgan fingerprint density at radius 1 is 0.850 bits per heavy atom. The van der Waals surface area contributed by atoms with Gasteiger partial charge in [0.25, 0.3) is 0 Å². The molecule has 2 aromatic rings. The second kappa shape index (κ2) is 5.75. The number of carbonyl (C=O) groups is 1. The summed E-state index contributed by atoms with van der Waals surface area (Å²) >= 11 is 0. The zero-order valence-electron chi connectivity index (χ0n) is 11.0. The number of benzene rings is 2. The van der Waals surface area contributed by atoms with E-state index >= 15 is 0 Å². The van der Waals surface area contributed by atoms with Crippen molar-refractivity contribution in [1.29, 1.82) is 0 Å². The quantitative estimate of drug-likeness (QED) is 0.797. The number of rotatable bonds is 4. The summed E-state index contributed by atoms with van der Waals surface area (Å²) in [5, 5.41) is 28.2. The van der Waals surface area contributed by atoms with E-state index in [9.17, 15) is 20.1 Å². The van der Waals surface area contributed by atoms with Gasteiger partial charge in [-0.25, -0.2) is 0 Å². The average Bonchev–Trinajstić information content (AvgIpc) is 2.43. The van der Waals surface area contributed by atoms with E-state index in [1.807, 2.05) is 0 Å². The fourth-order valence-electron chi connectivity index (χ4n) is 2.10. The molecule has 20 heavy (non-hydrogen) atoms. The Hall–Kier alpha value is -2.33. The van der Waals surface area contributed by atoms with Crippen LogP contribution in [0.5, 0.6) is 11.5 Å². The Labute approximate surface area is 116 Å². The Balaban J connectivity index is 2.47. The smallest absolute Gasteiger partial charge is 0.172 e. The first kappa shape index (κ1) is 14.1. The highest BCUT2D eigenvalue weighted by atomic mass is 16.3. The van der Waals surface area contributed by atoms with Crippen molar-refractivity contribution in [3.05, 3.63) is 59.7 Å². The first-order chi connectivity index (χ1) is 9.49. The van der Waals surface area contributed by atoms with E-state index in [2.05, 4.69) is 0 Å². The van der Waals surface area contributed by atoms with E-state index in [1.54, 1.807) is 24.3 Å². The molecule has 0 fully saturated rings. The average molecular weight is 272 g/mol. The molecule has 2 rings (SSSR count). The number of phenolic OH excluding ortho intramolecular Hbond substituents is 2. The van der Waals surface area contributed by atoms with Crippen molar-refractivity contribution in [2.45, 2.75) is 18.9 Å². The van der Waals surface area contributed by atoms with Crippen molar-refractivity contribution in [1.82, 2.24) is 0 Å². The molecular formula is C16H16O4. The van der Waals surface area contributed by atoms with E-state index in [4.69, 9.17) is 0 Å². The molecule has 0 saturated carbocycles. The first-order valence-electron chi connectivity index (χ1n) is 6.28. The maximum Gasteiger partial charge on any atom is 0.172 e. The summed E-state index contributed by atoms with van der Waals surface area (Å²) in [6.07, 6.45) is -1.09. The SMILES string of the molecule is CC(O)C(=O)C(c1ccc(O)cc1)c1ccc(O)cc1. The summed E-state index contributed by atoms with van der Waals surface area (Å²) in [4.78, 5) is 12.2. The summed E-state index contributed by atoms with van der Waals surface area (Å²) in [5.41, 5.74) is 1.36. The first-order valence-corrected chi connectivity index (χ1v) is 6.28. The van der Waals surface area contributed by atoms with E-state index < -0.39 is 12.0 Å². The summed E-state index contributed by atoms with van der Waals surface area (Å²) in [6, 6.07) is 12.6. The summed E-state index contributed by atoms with van der Waals surface area (Å²) in [6.45, 7) is 1.43.